The lowest BCUT2D eigenvalue weighted by atomic mass is 9.95. The van der Waals surface area contributed by atoms with Gasteiger partial charge in [0.1, 0.15) is 5.76 Å². The molecular formula is C28H23ClN2O5S. The number of Topliss-reactive ketones (excluding diaryl/α,β-unsaturated/α-hetero) is 1. The van der Waals surface area contributed by atoms with Gasteiger partial charge in [-0.15, -0.1) is 0 Å². The molecule has 0 spiro atoms. The highest BCUT2D eigenvalue weighted by Gasteiger charge is 2.48. The fraction of sp³-hybridized carbons (Fsp3) is 0.179. The third-order valence-electron chi connectivity index (χ3n) is 6.10. The molecule has 1 unspecified atom stereocenters. The minimum atomic E-state index is -0.943. The van der Waals surface area contributed by atoms with Crippen molar-refractivity contribution in [2.45, 2.75) is 19.9 Å². The fourth-order valence-electron chi connectivity index (χ4n) is 4.36. The summed E-state index contributed by atoms with van der Waals surface area (Å²) in [5.41, 5.74) is 2.65. The average molecular weight is 535 g/mol. The molecule has 1 N–H and O–H groups in total. The van der Waals surface area contributed by atoms with E-state index in [0.29, 0.717) is 44.9 Å². The van der Waals surface area contributed by atoms with E-state index >= 15 is 0 Å². The number of methoxy groups -OCH3 is 1. The summed E-state index contributed by atoms with van der Waals surface area (Å²) in [4.78, 5) is 32.9. The van der Waals surface area contributed by atoms with Crippen LogP contribution in [-0.2, 0) is 9.59 Å². The summed E-state index contributed by atoms with van der Waals surface area (Å²) in [6.07, 6.45) is 0. The number of aromatic nitrogens is 1. The van der Waals surface area contributed by atoms with Crippen LogP contribution in [0.2, 0.25) is 5.02 Å². The summed E-state index contributed by atoms with van der Waals surface area (Å²) in [5, 5.41) is 12.1. The molecule has 1 atom stereocenters. The highest BCUT2D eigenvalue weighted by molar-refractivity contribution is 7.22. The van der Waals surface area contributed by atoms with Gasteiger partial charge in [-0.1, -0.05) is 35.1 Å². The number of aryl methyl sites for hydroxylation is 1. The van der Waals surface area contributed by atoms with E-state index in [9.17, 15) is 14.7 Å². The lowest BCUT2D eigenvalue weighted by molar-refractivity contribution is -0.132. The molecule has 9 heteroatoms. The van der Waals surface area contributed by atoms with Crippen LogP contribution in [0.3, 0.4) is 0 Å². The molecule has 0 bridgehead atoms. The van der Waals surface area contributed by atoms with Gasteiger partial charge in [-0.2, -0.15) is 0 Å². The normalized spacial score (nSPS) is 17.0. The van der Waals surface area contributed by atoms with E-state index in [2.05, 4.69) is 4.98 Å². The molecule has 7 nitrogen and oxygen atoms in total. The number of anilines is 1. The van der Waals surface area contributed by atoms with E-state index in [-0.39, 0.29) is 11.3 Å². The summed E-state index contributed by atoms with van der Waals surface area (Å²) < 4.78 is 12.1. The number of carbonyl (C=O) groups excluding carboxylic acids is 2. The number of benzene rings is 3. The van der Waals surface area contributed by atoms with Crippen LogP contribution in [0.15, 0.2) is 66.2 Å². The van der Waals surface area contributed by atoms with Crippen LogP contribution in [0.25, 0.3) is 16.0 Å². The molecule has 0 aliphatic carbocycles. The number of thiazole rings is 1. The van der Waals surface area contributed by atoms with Gasteiger partial charge in [-0.05, 0) is 73.5 Å². The van der Waals surface area contributed by atoms with Gasteiger partial charge in [-0.25, -0.2) is 4.98 Å². The first-order valence-corrected chi connectivity index (χ1v) is 12.8. The highest BCUT2D eigenvalue weighted by Crippen LogP contribution is 2.46. The van der Waals surface area contributed by atoms with E-state index in [4.69, 9.17) is 21.1 Å². The van der Waals surface area contributed by atoms with Crippen LogP contribution in [0, 0.1) is 6.92 Å². The number of hydrogen-bond acceptors (Lipinski definition) is 7. The number of aliphatic hydroxyl groups excluding tert-OH is 1. The number of hydrogen-bond donors (Lipinski definition) is 1. The Bertz CT molecular complexity index is 1560. The molecule has 0 radical (unpaired) electrons. The molecule has 4 aromatic rings. The number of rotatable bonds is 6. The van der Waals surface area contributed by atoms with E-state index < -0.39 is 17.7 Å². The number of ether oxygens (including phenoxy) is 2. The van der Waals surface area contributed by atoms with Gasteiger partial charge in [0.15, 0.2) is 16.6 Å². The predicted octanol–water partition coefficient (Wildman–Crippen LogP) is 6.29. The lowest BCUT2D eigenvalue weighted by Crippen LogP contribution is -2.29. The van der Waals surface area contributed by atoms with Crippen LogP contribution in [0.1, 0.15) is 29.7 Å². The largest absolute Gasteiger partial charge is 0.507 e. The highest BCUT2D eigenvalue weighted by atomic mass is 35.5. The maximum Gasteiger partial charge on any atom is 0.301 e. The van der Waals surface area contributed by atoms with E-state index in [1.807, 2.05) is 32.0 Å². The smallest absolute Gasteiger partial charge is 0.301 e. The Kier molecular flexibility index (Phi) is 6.62. The Morgan fingerprint density at radius 2 is 1.84 bits per heavy atom. The van der Waals surface area contributed by atoms with Crippen molar-refractivity contribution in [2.24, 2.45) is 0 Å². The van der Waals surface area contributed by atoms with Crippen molar-refractivity contribution in [1.29, 1.82) is 0 Å². The molecule has 3 aromatic carbocycles. The summed E-state index contributed by atoms with van der Waals surface area (Å²) in [7, 11) is 1.52. The summed E-state index contributed by atoms with van der Waals surface area (Å²) in [5.74, 6) is -0.910. The van der Waals surface area contributed by atoms with Gasteiger partial charge < -0.3 is 14.6 Å². The second-order valence-electron chi connectivity index (χ2n) is 8.49. The van der Waals surface area contributed by atoms with Gasteiger partial charge in [0.2, 0.25) is 0 Å². The SMILES string of the molecule is CCOc1ccc(C2/C(=C(\O)c3ccc(Cl)cc3)C(=O)C(=O)N2c2nc3ccc(C)cc3s2)cc1OC. The van der Waals surface area contributed by atoms with Crippen molar-refractivity contribution in [1.82, 2.24) is 4.98 Å². The van der Waals surface area contributed by atoms with Crippen LogP contribution in [-0.4, -0.2) is 35.5 Å². The molecule has 5 rings (SSSR count). The molecule has 37 heavy (non-hydrogen) atoms. The van der Waals surface area contributed by atoms with E-state index in [1.165, 1.54) is 23.3 Å². The molecule has 0 saturated carbocycles. The molecule has 188 valence electrons. The van der Waals surface area contributed by atoms with Crippen molar-refractivity contribution in [2.75, 3.05) is 18.6 Å². The first-order chi connectivity index (χ1) is 17.8. The third kappa shape index (κ3) is 4.43. The number of carbonyl (C=O) groups is 2. The topological polar surface area (TPSA) is 89.0 Å². The maximum absolute atomic E-state index is 13.5. The number of halogens is 1. The Morgan fingerprint density at radius 1 is 1.08 bits per heavy atom. The first-order valence-electron chi connectivity index (χ1n) is 11.6. The maximum atomic E-state index is 13.5. The van der Waals surface area contributed by atoms with E-state index in [1.54, 1.807) is 42.5 Å². The molecular weight excluding hydrogens is 512 g/mol. The zero-order valence-corrected chi connectivity index (χ0v) is 21.9. The van der Waals surface area contributed by atoms with Crippen molar-refractivity contribution in [3.8, 4) is 11.5 Å². The summed E-state index contributed by atoms with van der Waals surface area (Å²) in [6.45, 7) is 4.28. The van der Waals surface area contributed by atoms with Gasteiger partial charge in [0, 0.05) is 10.6 Å². The molecule has 1 aliphatic heterocycles. The van der Waals surface area contributed by atoms with Crippen LogP contribution >= 0.6 is 22.9 Å². The minimum absolute atomic E-state index is 0.0472. The van der Waals surface area contributed by atoms with Crippen molar-refractivity contribution >= 4 is 55.7 Å². The second-order valence-corrected chi connectivity index (χ2v) is 9.93. The van der Waals surface area contributed by atoms with Crippen molar-refractivity contribution < 1.29 is 24.2 Å². The van der Waals surface area contributed by atoms with Crippen LogP contribution < -0.4 is 14.4 Å². The Hall–Kier alpha value is -3.88. The second kappa shape index (κ2) is 9.88. The predicted molar refractivity (Wildman–Crippen MR) is 145 cm³/mol. The minimum Gasteiger partial charge on any atom is -0.507 e. The monoisotopic (exact) mass is 534 g/mol. The number of nitrogens with zero attached hydrogens (tertiary/aromatic N) is 2. The number of ketones is 1. The molecule has 1 fully saturated rings. The average Bonchev–Trinajstić information content (AvgIpc) is 3.42. The quantitative estimate of drug-likeness (QED) is 0.178. The van der Waals surface area contributed by atoms with Crippen LogP contribution in [0.4, 0.5) is 5.13 Å². The number of fused-ring (bicyclic) bond motifs is 1. The molecule has 1 aliphatic rings. The van der Waals surface area contributed by atoms with Crippen molar-refractivity contribution in [3.05, 3.63) is 87.9 Å². The van der Waals surface area contributed by atoms with Gasteiger partial charge in [-0.3, -0.25) is 14.5 Å². The standard InChI is InChI=1S/C28H23ClN2O5S/c1-4-36-20-12-8-17(14-21(20)35-3)24-23(25(32)16-6-9-18(29)10-7-16)26(33)27(34)31(24)28-30-19-11-5-15(2)13-22(19)37-28/h5-14,24,32H,4H2,1-3H3/b25-23+. The van der Waals surface area contributed by atoms with Gasteiger partial charge >= 0.3 is 5.91 Å². The van der Waals surface area contributed by atoms with Gasteiger partial charge in [0.05, 0.1) is 35.5 Å². The Morgan fingerprint density at radius 3 is 2.54 bits per heavy atom. The summed E-state index contributed by atoms with van der Waals surface area (Å²) in [6, 6.07) is 16.5. The number of aliphatic hydroxyl groups is 1. The zero-order valence-electron chi connectivity index (χ0n) is 20.3. The molecule has 1 amide bonds. The van der Waals surface area contributed by atoms with Crippen molar-refractivity contribution in [3.63, 3.8) is 0 Å². The Labute approximate surface area is 222 Å². The lowest BCUT2D eigenvalue weighted by Gasteiger charge is -2.24. The molecule has 1 saturated heterocycles. The number of amides is 1. The molecule has 1 aromatic heterocycles. The molecule has 2 heterocycles. The van der Waals surface area contributed by atoms with E-state index in [0.717, 1.165) is 10.3 Å². The third-order valence-corrected chi connectivity index (χ3v) is 7.37. The van der Waals surface area contributed by atoms with Crippen LogP contribution in [0.5, 0.6) is 11.5 Å². The Balaban J connectivity index is 1.73. The first kappa shape index (κ1) is 24.8. The zero-order chi connectivity index (χ0) is 26.3. The fourth-order valence-corrected chi connectivity index (χ4v) is 5.58. The summed E-state index contributed by atoms with van der Waals surface area (Å²) >= 11 is 7.33. The van der Waals surface area contributed by atoms with Gasteiger partial charge in [0.25, 0.3) is 5.78 Å².